The zero-order valence-corrected chi connectivity index (χ0v) is 14.8. The Labute approximate surface area is 142 Å². The van der Waals surface area contributed by atoms with Gasteiger partial charge >= 0.3 is 0 Å². The first kappa shape index (κ1) is 17.0. The van der Waals surface area contributed by atoms with E-state index >= 15 is 0 Å². The summed E-state index contributed by atoms with van der Waals surface area (Å²) in [5.74, 6) is 1.15. The van der Waals surface area contributed by atoms with Crippen LogP contribution in [-0.2, 0) is 10.0 Å². The number of ether oxygens (including phenoxy) is 2. The summed E-state index contributed by atoms with van der Waals surface area (Å²) >= 11 is 0. The van der Waals surface area contributed by atoms with Gasteiger partial charge in [-0.15, -0.1) is 0 Å². The molecular weight excluding hydrogens is 332 g/mol. The van der Waals surface area contributed by atoms with Gasteiger partial charge in [-0.3, -0.25) is 4.79 Å². The van der Waals surface area contributed by atoms with Gasteiger partial charge < -0.3 is 14.4 Å². The van der Waals surface area contributed by atoms with E-state index in [-0.39, 0.29) is 5.91 Å². The van der Waals surface area contributed by atoms with E-state index in [2.05, 4.69) is 0 Å². The molecular formula is C16H22N2O5S. The fourth-order valence-corrected chi connectivity index (χ4v) is 3.89. The summed E-state index contributed by atoms with van der Waals surface area (Å²) in [4.78, 5) is 14.6. The number of aryl methyl sites for hydroxylation is 1. The summed E-state index contributed by atoms with van der Waals surface area (Å²) in [7, 11) is -3.22. The topological polar surface area (TPSA) is 76.2 Å². The molecule has 0 N–H and O–H groups in total. The molecule has 2 aliphatic rings. The van der Waals surface area contributed by atoms with Crippen LogP contribution in [0.4, 0.5) is 0 Å². The maximum atomic E-state index is 12.9. The van der Waals surface area contributed by atoms with Crippen LogP contribution in [0, 0.1) is 6.92 Å². The average molecular weight is 354 g/mol. The number of carbonyl (C=O) groups excluding carboxylic acids is 1. The van der Waals surface area contributed by atoms with Gasteiger partial charge in [0.2, 0.25) is 10.0 Å². The van der Waals surface area contributed by atoms with Crippen molar-refractivity contribution >= 4 is 15.9 Å². The van der Waals surface area contributed by atoms with Gasteiger partial charge in [0.05, 0.1) is 6.26 Å². The summed E-state index contributed by atoms with van der Waals surface area (Å²) in [6.07, 6.45) is 1.83. The minimum Gasteiger partial charge on any atom is -0.486 e. The van der Waals surface area contributed by atoms with Crippen LogP contribution in [0.2, 0.25) is 0 Å². The van der Waals surface area contributed by atoms with Crippen molar-refractivity contribution in [2.24, 2.45) is 0 Å². The molecule has 2 heterocycles. The van der Waals surface area contributed by atoms with Crippen LogP contribution in [0.3, 0.4) is 0 Å². The molecule has 1 aromatic carbocycles. The van der Waals surface area contributed by atoms with Gasteiger partial charge in [-0.05, 0) is 31.0 Å². The van der Waals surface area contributed by atoms with Crippen molar-refractivity contribution in [3.63, 3.8) is 0 Å². The predicted molar refractivity (Wildman–Crippen MR) is 89.1 cm³/mol. The van der Waals surface area contributed by atoms with Crippen LogP contribution < -0.4 is 9.47 Å². The molecule has 0 aliphatic carbocycles. The normalized spacial score (nSPS) is 19.0. The van der Waals surface area contributed by atoms with Crippen LogP contribution >= 0.6 is 0 Å². The third-order valence-corrected chi connectivity index (χ3v) is 5.63. The summed E-state index contributed by atoms with van der Waals surface area (Å²) in [6, 6.07) is 3.55. The van der Waals surface area contributed by atoms with Crippen molar-refractivity contribution in [3.8, 4) is 11.5 Å². The Hall–Kier alpha value is -1.80. The van der Waals surface area contributed by atoms with E-state index in [0.29, 0.717) is 62.9 Å². The highest BCUT2D eigenvalue weighted by Crippen LogP contribution is 2.33. The van der Waals surface area contributed by atoms with E-state index in [1.165, 1.54) is 10.6 Å². The number of hydrogen-bond acceptors (Lipinski definition) is 5. The number of sulfonamides is 1. The molecule has 8 heteroatoms. The smallest absolute Gasteiger partial charge is 0.254 e. The minimum atomic E-state index is -3.22. The number of amides is 1. The molecule has 7 nitrogen and oxygen atoms in total. The van der Waals surface area contributed by atoms with Crippen LogP contribution in [-0.4, -0.2) is 69.2 Å². The first-order valence-corrected chi connectivity index (χ1v) is 9.86. The van der Waals surface area contributed by atoms with E-state index in [4.69, 9.17) is 9.47 Å². The highest BCUT2D eigenvalue weighted by Gasteiger charge is 2.26. The van der Waals surface area contributed by atoms with Crippen molar-refractivity contribution in [2.45, 2.75) is 13.3 Å². The highest BCUT2D eigenvalue weighted by atomic mass is 32.2. The second-order valence-electron chi connectivity index (χ2n) is 6.12. The zero-order chi connectivity index (χ0) is 17.3. The van der Waals surface area contributed by atoms with Gasteiger partial charge in [0.1, 0.15) is 13.2 Å². The van der Waals surface area contributed by atoms with Crippen LogP contribution in [0.1, 0.15) is 22.3 Å². The van der Waals surface area contributed by atoms with Crippen LogP contribution in [0.15, 0.2) is 12.1 Å². The fourth-order valence-electron chi connectivity index (χ4n) is 3.02. The summed E-state index contributed by atoms with van der Waals surface area (Å²) in [6.45, 7) is 4.55. The quantitative estimate of drug-likeness (QED) is 0.788. The molecule has 3 rings (SSSR count). The third kappa shape index (κ3) is 3.49. The maximum Gasteiger partial charge on any atom is 0.254 e. The zero-order valence-electron chi connectivity index (χ0n) is 13.9. The number of carbonyl (C=O) groups is 1. The molecule has 1 saturated heterocycles. The van der Waals surface area contributed by atoms with Gasteiger partial charge in [-0.2, -0.15) is 0 Å². The van der Waals surface area contributed by atoms with Crippen LogP contribution in [0.25, 0.3) is 0 Å². The van der Waals surface area contributed by atoms with Gasteiger partial charge in [0.15, 0.2) is 11.5 Å². The number of benzene rings is 1. The van der Waals surface area contributed by atoms with Crippen molar-refractivity contribution in [2.75, 3.05) is 45.6 Å². The number of nitrogens with zero attached hydrogens (tertiary/aromatic N) is 2. The standard InChI is InChI=1S/C16H22N2O5S/c1-12-10-14-15(23-9-8-22-14)11-13(12)16(19)17-4-3-5-18(7-6-17)24(2,20)21/h10-11H,3-9H2,1-2H3. The second kappa shape index (κ2) is 6.60. The second-order valence-corrected chi connectivity index (χ2v) is 8.10. The van der Waals surface area contributed by atoms with E-state index in [1.54, 1.807) is 11.0 Å². The van der Waals surface area contributed by atoms with E-state index in [1.807, 2.05) is 13.0 Å². The summed E-state index contributed by atoms with van der Waals surface area (Å²) in [5, 5.41) is 0. The monoisotopic (exact) mass is 354 g/mol. The molecule has 24 heavy (non-hydrogen) atoms. The van der Waals surface area contributed by atoms with Crippen molar-refractivity contribution in [1.82, 2.24) is 9.21 Å². The fraction of sp³-hybridized carbons (Fsp3) is 0.562. The Morgan fingerprint density at radius 1 is 1.04 bits per heavy atom. The van der Waals surface area contributed by atoms with E-state index < -0.39 is 10.0 Å². The first-order chi connectivity index (χ1) is 11.4. The van der Waals surface area contributed by atoms with E-state index in [9.17, 15) is 13.2 Å². The van der Waals surface area contributed by atoms with Gasteiger partial charge in [-0.25, -0.2) is 12.7 Å². The lowest BCUT2D eigenvalue weighted by Crippen LogP contribution is -2.37. The lowest BCUT2D eigenvalue weighted by atomic mass is 10.1. The predicted octanol–water partition coefficient (Wildman–Crippen LogP) is 0.874. The summed E-state index contributed by atoms with van der Waals surface area (Å²) < 4.78 is 35.9. The lowest BCUT2D eigenvalue weighted by Gasteiger charge is -2.24. The molecule has 0 unspecified atom stereocenters. The Balaban J connectivity index is 1.79. The SMILES string of the molecule is Cc1cc2c(cc1C(=O)N1CCCN(S(C)(=O)=O)CC1)OCCO2. The van der Waals surface area contributed by atoms with Crippen molar-refractivity contribution in [1.29, 1.82) is 0 Å². The number of hydrogen-bond donors (Lipinski definition) is 0. The molecule has 0 spiro atoms. The van der Waals surface area contributed by atoms with Gasteiger partial charge in [0, 0.05) is 31.7 Å². The molecule has 2 aliphatic heterocycles. The molecule has 0 bridgehead atoms. The Morgan fingerprint density at radius 2 is 1.71 bits per heavy atom. The number of fused-ring (bicyclic) bond motifs is 1. The molecule has 0 radical (unpaired) electrons. The summed E-state index contributed by atoms with van der Waals surface area (Å²) in [5.41, 5.74) is 1.40. The van der Waals surface area contributed by atoms with Crippen molar-refractivity contribution in [3.05, 3.63) is 23.3 Å². The molecule has 1 aromatic rings. The maximum absolute atomic E-state index is 12.9. The molecule has 132 valence electrons. The van der Waals surface area contributed by atoms with Gasteiger partial charge in [0.25, 0.3) is 5.91 Å². The molecule has 1 fully saturated rings. The lowest BCUT2D eigenvalue weighted by molar-refractivity contribution is 0.0762. The van der Waals surface area contributed by atoms with Crippen molar-refractivity contribution < 1.29 is 22.7 Å². The minimum absolute atomic E-state index is 0.0974. The molecule has 0 atom stereocenters. The van der Waals surface area contributed by atoms with E-state index in [0.717, 1.165) is 5.56 Å². The molecule has 0 aromatic heterocycles. The largest absolute Gasteiger partial charge is 0.486 e. The highest BCUT2D eigenvalue weighted by molar-refractivity contribution is 7.88. The van der Waals surface area contributed by atoms with Gasteiger partial charge in [-0.1, -0.05) is 0 Å². The Bertz CT molecular complexity index is 747. The average Bonchev–Trinajstić information content (AvgIpc) is 2.79. The Kier molecular flexibility index (Phi) is 4.69. The molecule has 1 amide bonds. The number of rotatable bonds is 2. The molecule has 0 saturated carbocycles. The van der Waals surface area contributed by atoms with Crippen LogP contribution in [0.5, 0.6) is 11.5 Å². The Morgan fingerprint density at radius 3 is 2.38 bits per heavy atom. The third-order valence-electron chi connectivity index (χ3n) is 4.33. The first-order valence-electron chi connectivity index (χ1n) is 8.01.